The van der Waals surface area contributed by atoms with Crippen LogP contribution in [0.3, 0.4) is 0 Å². The zero-order chi connectivity index (χ0) is 12.6. The summed E-state index contributed by atoms with van der Waals surface area (Å²) in [4.78, 5) is 25.9. The fourth-order valence-corrected chi connectivity index (χ4v) is 3.53. The van der Waals surface area contributed by atoms with Crippen molar-refractivity contribution in [2.45, 2.75) is 19.3 Å². The lowest BCUT2D eigenvalue weighted by atomic mass is 9.77. The van der Waals surface area contributed by atoms with Crippen molar-refractivity contribution in [1.29, 1.82) is 0 Å². The van der Waals surface area contributed by atoms with Crippen LogP contribution in [0.2, 0.25) is 0 Å². The van der Waals surface area contributed by atoms with Crippen molar-refractivity contribution < 1.29 is 9.59 Å². The van der Waals surface area contributed by atoms with E-state index in [0.29, 0.717) is 13.1 Å². The smallest absolute Gasteiger partial charge is 0.254 e. The average Bonchev–Trinajstić information content (AvgIpc) is 3.02. The number of carbonyl (C=O) groups is 2. The largest absolute Gasteiger partial charge is 0.356 e. The average molecular weight is 264 g/mol. The van der Waals surface area contributed by atoms with Gasteiger partial charge in [0.05, 0.1) is 11.0 Å². The SMILES string of the molecule is O=C(c1ccsc1)N1CCC2(CCNC2=O)CC1. The molecule has 1 aromatic rings. The molecule has 2 fully saturated rings. The second-order valence-electron chi connectivity index (χ2n) is 5.09. The number of nitrogens with zero attached hydrogens (tertiary/aromatic N) is 1. The number of carbonyl (C=O) groups excluding carboxylic acids is 2. The molecule has 2 amide bonds. The zero-order valence-electron chi connectivity index (χ0n) is 10.1. The molecule has 1 aromatic heterocycles. The number of hydrogen-bond acceptors (Lipinski definition) is 3. The number of amides is 2. The second kappa shape index (κ2) is 4.39. The summed E-state index contributed by atoms with van der Waals surface area (Å²) in [7, 11) is 0. The molecule has 5 heteroatoms. The van der Waals surface area contributed by atoms with E-state index in [1.165, 1.54) is 11.3 Å². The fourth-order valence-electron chi connectivity index (χ4n) is 2.90. The van der Waals surface area contributed by atoms with Crippen molar-refractivity contribution in [2.75, 3.05) is 19.6 Å². The molecule has 0 saturated carbocycles. The molecular weight excluding hydrogens is 248 g/mol. The van der Waals surface area contributed by atoms with Gasteiger partial charge < -0.3 is 10.2 Å². The van der Waals surface area contributed by atoms with Crippen molar-refractivity contribution in [2.24, 2.45) is 5.41 Å². The molecule has 2 aliphatic rings. The highest BCUT2D eigenvalue weighted by atomic mass is 32.1. The normalized spacial score (nSPS) is 22.2. The van der Waals surface area contributed by atoms with E-state index in [1.807, 2.05) is 21.7 Å². The summed E-state index contributed by atoms with van der Waals surface area (Å²) in [5.41, 5.74) is 0.581. The summed E-state index contributed by atoms with van der Waals surface area (Å²) >= 11 is 1.54. The van der Waals surface area contributed by atoms with Gasteiger partial charge in [-0.2, -0.15) is 11.3 Å². The Labute approximate surface area is 110 Å². The van der Waals surface area contributed by atoms with E-state index in [-0.39, 0.29) is 17.2 Å². The highest BCUT2D eigenvalue weighted by Gasteiger charge is 2.44. The Morgan fingerprint density at radius 3 is 2.67 bits per heavy atom. The van der Waals surface area contributed by atoms with Crippen molar-refractivity contribution in [3.63, 3.8) is 0 Å². The maximum absolute atomic E-state index is 12.2. The van der Waals surface area contributed by atoms with Crippen LogP contribution >= 0.6 is 11.3 Å². The van der Waals surface area contributed by atoms with E-state index in [0.717, 1.165) is 31.4 Å². The lowest BCUT2D eigenvalue weighted by Crippen LogP contribution is -2.46. The molecule has 0 unspecified atom stereocenters. The molecule has 96 valence electrons. The number of hydrogen-bond donors (Lipinski definition) is 1. The van der Waals surface area contributed by atoms with Crippen LogP contribution in [-0.2, 0) is 4.79 Å². The first-order chi connectivity index (χ1) is 8.71. The Kier molecular flexibility index (Phi) is 2.86. The summed E-state index contributed by atoms with van der Waals surface area (Å²) in [5.74, 6) is 0.287. The highest BCUT2D eigenvalue weighted by molar-refractivity contribution is 7.08. The molecule has 0 atom stereocenters. The first-order valence-electron chi connectivity index (χ1n) is 6.31. The van der Waals surface area contributed by atoms with Gasteiger partial charge in [-0.3, -0.25) is 9.59 Å². The van der Waals surface area contributed by atoms with Gasteiger partial charge in [0.25, 0.3) is 5.91 Å². The van der Waals surface area contributed by atoms with Gasteiger partial charge in [-0.1, -0.05) is 0 Å². The molecule has 4 nitrogen and oxygen atoms in total. The monoisotopic (exact) mass is 264 g/mol. The summed E-state index contributed by atoms with van der Waals surface area (Å²) in [6.07, 6.45) is 2.52. The van der Waals surface area contributed by atoms with Crippen molar-refractivity contribution in [3.8, 4) is 0 Å². The maximum Gasteiger partial charge on any atom is 0.254 e. The number of piperidine rings is 1. The molecule has 0 radical (unpaired) electrons. The lowest BCUT2D eigenvalue weighted by molar-refractivity contribution is -0.129. The summed E-state index contributed by atoms with van der Waals surface area (Å²) in [5, 5.41) is 6.71. The molecule has 18 heavy (non-hydrogen) atoms. The van der Waals surface area contributed by atoms with Gasteiger partial charge in [-0.25, -0.2) is 0 Å². The minimum absolute atomic E-state index is 0.101. The quantitative estimate of drug-likeness (QED) is 0.835. The van der Waals surface area contributed by atoms with Crippen LogP contribution in [0.15, 0.2) is 16.8 Å². The van der Waals surface area contributed by atoms with Gasteiger partial charge in [0.1, 0.15) is 0 Å². The molecule has 1 spiro atoms. The second-order valence-corrected chi connectivity index (χ2v) is 5.87. The van der Waals surface area contributed by atoms with Crippen LogP contribution in [0.5, 0.6) is 0 Å². The lowest BCUT2D eigenvalue weighted by Gasteiger charge is -2.37. The van der Waals surface area contributed by atoms with E-state index in [1.54, 1.807) is 0 Å². The number of thiophene rings is 1. The summed E-state index contributed by atoms with van der Waals surface area (Å²) < 4.78 is 0. The summed E-state index contributed by atoms with van der Waals surface area (Å²) in [6, 6.07) is 1.86. The van der Waals surface area contributed by atoms with E-state index >= 15 is 0 Å². The third-order valence-electron chi connectivity index (χ3n) is 4.15. The van der Waals surface area contributed by atoms with E-state index in [4.69, 9.17) is 0 Å². The Bertz CT molecular complexity index is 461. The van der Waals surface area contributed by atoms with Gasteiger partial charge in [-0.05, 0) is 30.7 Å². The third kappa shape index (κ3) is 1.82. The third-order valence-corrected chi connectivity index (χ3v) is 4.83. The van der Waals surface area contributed by atoms with Crippen molar-refractivity contribution in [3.05, 3.63) is 22.4 Å². The number of likely N-dealkylation sites (tertiary alicyclic amines) is 1. The molecule has 3 heterocycles. The maximum atomic E-state index is 12.2. The van der Waals surface area contributed by atoms with Crippen LogP contribution in [0.25, 0.3) is 0 Å². The minimum Gasteiger partial charge on any atom is -0.356 e. The molecule has 3 rings (SSSR count). The molecule has 1 N–H and O–H groups in total. The first kappa shape index (κ1) is 11.7. The van der Waals surface area contributed by atoms with E-state index in [2.05, 4.69) is 5.32 Å². The van der Waals surface area contributed by atoms with Gasteiger partial charge in [0, 0.05) is 25.0 Å². The molecule has 2 aliphatic heterocycles. The predicted octanol–water partition coefficient (Wildman–Crippen LogP) is 1.49. The molecule has 0 aliphatic carbocycles. The number of nitrogens with one attached hydrogen (secondary N) is 1. The van der Waals surface area contributed by atoms with Gasteiger partial charge in [-0.15, -0.1) is 0 Å². The molecule has 0 bridgehead atoms. The van der Waals surface area contributed by atoms with Crippen LogP contribution in [0.4, 0.5) is 0 Å². The molecule has 2 saturated heterocycles. The Hall–Kier alpha value is -1.36. The van der Waals surface area contributed by atoms with Crippen LogP contribution in [-0.4, -0.2) is 36.3 Å². The fraction of sp³-hybridized carbons (Fsp3) is 0.538. The topological polar surface area (TPSA) is 49.4 Å². The van der Waals surface area contributed by atoms with E-state index < -0.39 is 0 Å². The van der Waals surface area contributed by atoms with Gasteiger partial charge >= 0.3 is 0 Å². The number of rotatable bonds is 1. The Balaban J connectivity index is 1.67. The standard InChI is InChI=1S/C13H16N2O2S/c16-11(10-1-8-18-9-10)15-6-3-13(4-7-15)2-5-14-12(13)17/h1,8-9H,2-7H2,(H,14,17). The van der Waals surface area contributed by atoms with Gasteiger partial charge in [0.15, 0.2) is 0 Å². The summed E-state index contributed by atoms with van der Waals surface area (Å²) in [6.45, 7) is 2.18. The minimum atomic E-state index is -0.189. The zero-order valence-corrected chi connectivity index (χ0v) is 11.0. The highest BCUT2D eigenvalue weighted by Crippen LogP contribution is 2.38. The molecular formula is C13H16N2O2S. The first-order valence-corrected chi connectivity index (χ1v) is 7.25. The Morgan fingerprint density at radius 2 is 2.11 bits per heavy atom. The van der Waals surface area contributed by atoms with Crippen molar-refractivity contribution in [1.82, 2.24) is 10.2 Å². The predicted molar refractivity (Wildman–Crippen MR) is 69.5 cm³/mol. The van der Waals surface area contributed by atoms with E-state index in [9.17, 15) is 9.59 Å². The van der Waals surface area contributed by atoms with Crippen LogP contribution in [0, 0.1) is 5.41 Å². The Morgan fingerprint density at radius 1 is 1.33 bits per heavy atom. The van der Waals surface area contributed by atoms with Crippen molar-refractivity contribution >= 4 is 23.2 Å². The van der Waals surface area contributed by atoms with Crippen LogP contribution in [0.1, 0.15) is 29.6 Å². The van der Waals surface area contributed by atoms with Gasteiger partial charge in [0.2, 0.25) is 5.91 Å². The molecule has 0 aromatic carbocycles. The van der Waals surface area contributed by atoms with Crippen LogP contribution < -0.4 is 5.32 Å².